The molecule has 2 unspecified atom stereocenters. The molecule has 5 nitrogen and oxygen atoms in total. The molecule has 0 radical (unpaired) electrons. The highest BCUT2D eigenvalue weighted by Gasteiger charge is 2.20. The van der Waals surface area contributed by atoms with Gasteiger partial charge in [0.2, 0.25) is 5.91 Å². The first kappa shape index (κ1) is 23.2. The first-order valence-electron chi connectivity index (χ1n) is 7.23. The minimum Gasteiger partial charge on any atom is -0.375 e. The molecule has 21 heavy (non-hydrogen) atoms. The number of halogens is 2. The fourth-order valence-corrected chi connectivity index (χ4v) is 2.43. The maximum Gasteiger partial charge on any atom is 0.222 e. The molecule has 1 aliphatic heterocycles. The van der Waals surface area contributed by atoms with Crippen LogP contribution in [0.1, 0.15) is 26.7 Å². The third kappa shape index (κ3) is 11.2. The largest absolute Gasteiger partial charge is 0.375 e. The first-order chi connectivity index (χ1) is 8.97. The summed E-state index contributed by atoms with van der Waals surface area (Å²) in [5.41, 5.74) is 0. The Morgan fingerprint density at radius 1 is 1.38 bits per heavy atom. The van der Waals surface area contributed by atoms with Crippen molar-refractivity contribution in [1.82, 2.24) is 15.5 Å². The van der Waals surface area contributed by atoms with Gasteiger partial charge >= 0.3 is 0 Å². The standard InChI is InChI=1S/C14H29N3O2.2ClH/c1-11(2)7-12(10-17(3)4)16-14(18)8-13-9-15-5-6-19-13;;/h11-13,15H,5-10H2,1-4H3,(H,16,18);2*1H. The van der Waals surface area contributed by atoms with Gasteiger partial charge in [0.25, 0.3) is 0 Å². The van der Waals surface area contributed by atoms with E-state index in [1.807, 2.05) is 14.1 Å². The summed E-state index contributed by atoms with van der Waals surface area (Å²) in [6.07, 6.45) is 1.48. The van der Waals surface area contributed by atoms with Gasteiger partial charge in [-0.05, 0) is 26.4 Å². The van der Waals surface area contributed by atoms with Crippen LogP contribution in [0.2, 0.25) is 0 Å². The number of nitrogens with zero attached hydrogens (tertiary/aromatic N) is 1. The normalized spacial score (nSPS) is 19.6. The van der Waals surface area contributed by atoms with Crippen LogP contribution in [0.15, 0.2) is 0 Å². The smallest absolute Gasteiger partial charge is 0.222 e. The second-order valence-corrected chi connectivity index (χ2v) is 6.06. The van der Waals surface area contributed by atoms with Gasteiger partial charge in [-0.15, -0.1) is 24.8 Å². The van der Waals surface area contributed by atoms with E-state index in [4.69, 9.17) is 4.74 Å². The van der Waals surface area contributed by atoms with E-state index in [1.165, 1.54) is 0 Å². The number of nitrogens with one attached hydrogen (secondary N) is 2. The number of ether oxygens (including phenoxy) is 1. The van der Waals surface area contributed by atoms with Crippen LogP contribution in [0.25, 0.3) is 0 Å². The molecule has 1 saturated heterocycles. The molecular formula is C14H31Cl2N3O2. The molecule has 128 valence electrons. The lowest BCUT2D eigenvalue weighted by atomic mass is 10.0. The van der Waals surface area contributed by atoms with E-state index in [9.17, 15) is 4.79 Å². The van der Waals surface area contributed by atoms with Crippen molar-refractivity contribution in [3.8, 4) is 0 Å². The molecule has 1 amide bonds. The van der Waals surface area contributed by atoms with Crippen LogP contribution in [-0.4, -0.2) is 63.3 Å². The molecule has 1 fully saturated rings. The third-order valence-electron chi connectivity index (χ3n) is 3.12. The van der Waals surface area contributed by atoms with E-state index >= 15 is 0 Å². The van der Waals surface area contributed by atoms with Crippen molar-refractivity contribution in [1.29, 1.82) is 0 Å². The average Bonchev–Trinajstić information content (AvgIpc) is 2.27. The number of amides is 1. The fourth-order valence-electron chi connectivity index (χ4n) is 2.43. The van der Waals surface area contributed by atoms with Gasteiger partial charge in [-0.1, -0.05) is 13.8 Å². The van der Waals surface area contributed by atoms with E-state index in [2.05, 4.69) is 29.4 Å². The summed E-state index contributed by atoms with van der Waals surface area (Å²) in [7, 11) is 4.07. The van der Waals surface area contributed by atoms with Gasteiger partial charge in [-0.3, -0.25) is 4.79 Å². The van der Waals surface area contributed by atoms with Crippen LogP contribution in [0.4, 0.5) is 0 Å². The van der Waals surface area contributed by atoms with Gasteiger partial charge in [-0.2, -0.15) is 0 Å². The minimum absolute atomic E-state index is 0. The van der Waals surface area contributed by atoms with Crippen LogP contribution >= 0.6 is 24.8 Å². The van der Waals surface area contributed by atoms with E-state index < -0.39 is 0 Å². The molecule has 0 aromatic rings. The summed E-state index contributed by atoms with van der Waals surface area (Å²) in [6.45, 7) is 7.61. The zero-order valence-corrected chi connectivity index (χ0v) is 15.2. The number of morpholine rings is 1. The van der Waals surface area contributed by atoms with Gasteiger partial charge in [-0.25, -0.2) is 0 Å². The van der Waals surface area contributed by atoms with Gasteiger partial charge in [0.1, 0.15) is 0 Å². The fraction of sp³-hybridized carbons (Fsp3) is 0.929. The van der Waals surface area contributed by atoms with E-state index in [-0.39, 0.29) is 42.9 Å². The van der Waals surface area contributed by atoms with Crippen molar-refractivity contribution in [2.45, 2.75) is 38.8 Å². The third-order valence-corrected chi connectivity index (χ3v) is 3.12. The maximum atomic E-state index is 12.0. The van der Waals surface area contributed by atoms with Gasteiger partial charge in [0.15, 0.2) is 0 Å². The van der Waals surface area contributed by atoms with Crippen molar-refractivity contribution in [3.63, 3.8) is 0 Å². The lowest BCUT2D eigenvalue weighted by Crippen LogP contribution is -2.46. The molecule has 0 aromatic heterocycles. The molecule has 1 rings (SSSR count). The number of carbonyl (C=O) groups is 1. The van der Waals surface area contributed by atoms with Crippen LogP contribution in [0, 0.1) is 5.92 Å². The average molecular weight is 344 g/mol. The Morgan fingerprint density at radius 2 is 2.05 bits per heavy atom. The Bertz CT molecular complexity index is 263. The topological polar surface area (TPSA) is 53.6 Å². The molecule has 0 spiro atoms. The summed E-state index contributed by atoms with van der Waals surface area (Å²) in [5.74, 6) is 0.680. The van der Waals surface area contributed by atoms with Crippen molar-refractivity contribution >= 4 is 30.7 Å². The second kappa shape index (κ2) is 12.5. The molecule has 2 N–H and O–H groups in total. The molecule has 7 heteroatoms. The highest BCUT2D eigenvalue weighted by Crippen LogP contribution is 2.07. The molecule has 1 aliphatic rings. The number of carbonyl (C=O) groups excluding carboxylic acids is 1. The Morgan fingerprint density at radius 3 is 2.52 bits per heavy atom. The van der Waals surface area contributed by atoms with Crippen molar-refractivity contribution in [2.24, 2.45) is 5.92 Å². The maximum absolute atomic E-state index is 12.0. The van der Waals surface area contributed by atoms with Gasteiger partial charge in [0.05, 0.1) is 19.1 Å². The monoisotopic (exact) mass is 343 g/mol. The van der Waals surface area contributed by atoms with Crippen LogP contribution in [0.3, 0.4) is 0 Å². The summed E-state index contributed by atoms with van der Waals surface area (Å²) in [6, 6.07) is 0.221. The number of likely N-dealkylation sites (N-methyl/N-ethyl adjacent to an activating group) is 1. The second-order valence-electron chi connectivity index (χ2n) is 6.06. The summed E-state index contributed by atoms with van der Waals surface area (Å²) >= 11 is 0. The highest BCUT2D eigenvalue weighted by atomic mass is 35.5. The first-order valence-corrected chi connectivity index (χ1v) is 7.23. The van der Waals surface area contributed by atoms with E-state index in [1.54, 1.807) is 0 Å². The molecule has 0 saturated carbocycles. The molecule has 0 aliphatic carbocycles. The van der Waals surface area contributed by atoms with Crippen LogP contribution in [-0.2, 0) is 9.53 Å². The molecule has 1 heterocycles. The van der Waals surface area contributed by atoms with Crippen molar-refractivity contribution in [3.05, 3.63) is 0 Å². The predicted molar refractivity (Wildman–Crippen MR) is 91.7 cm³/mol. The highest BCUT2D eigenvalue weighted by molar-refractivity contribution is 5.85. The molecule has 0 aromatic carbocycles. The zero-order valence-electron chi connectivity index (χ0n) is 13.6. The minimum atomic E-state index is 0. The van der Waals surface area contributed by atoms with Crippen molar-refractivity contribution < 1.29 is 9.53 Å². The number of hydrogen-bond donors (Lipinski definition) is 2. The summed E-state index contributed by atoms with van der Waals surface area (Å²) < 4.78 is 5.56. The quantitative estimate of drug-likeness (QED) is 0.731. The Labute approximate surface area is 141 Å². The Hall–Kier alpha value is -0.0700. The lowest BCUT2D eigenvalue weighted by molar-refractivity contribution is -0.125. The van der Waals surface area contributed by atoms with E-state index in [0.717, 1.165) is 26.1 Å². The predicted octanol–water partition coefficient (Wildman–Crippen LogP) is 1.30. The van der Waals surface area contributed by atoms with Crippen LogP contribution in [0.5, 0.6) is 0 Å². The molecular weight excluding hydrogens is 313 g/mol. The Kier molecular flexibility index (Phi) is 13.8. The SMILES string of the molecule is CC(C)CC(CN(C)C)NC(=O)CC1CNCCO1.Cl.Cl. The summed E-state index contributed by atoms with van der Waals surface area (Å²) in [4.78, 5) is 14.2. The lowest BCUT2D eigenvalue weighted by Gasteiger charge is -2.26. The van der Waals surface area contributed by atoms with Gasteiger partial charge in [0, 0.05) is 25.7 Å². The summed E-state index contributed by atoms with van der Waals surface area (Å²) in [5, 5.41) is 6.38. The van der Waals surface area contributed by atoms with Crippen LogP contribution < -0.4 is 10.6 Å². The van der Waals surface area contributed by atoms with Crippen molar-refractivity contribution in [2.75, 3.05) is 40.3 Å². The number of hydrogen-bond acceptors (Lipinski definition) is 4. The van der Waals surface area contributed by atoms with E-state index in [0.29, 0.717) is 18.9 Å². The molecule has 2 atom stereocenters. The Balaban J connectivity index is 0. The number of rotatable bonds is 7. The zero-order chi connectivity index (χ0) is 14.3. The molecule has 0 bridgehead atoms. The van der Waals surface area contributed by atoms with Gasteiger partial charge < -0.3 is 20.3 Å².